The molecule has 0 heterocycles. The zero-order valence-electron chi connectivity index (χ0n) is 11.6. The Hall–Kier alpha value is -1.88. The van der Waals surface area contributed by atoms with E-state index in [1.165, 1.54) is 5.56 Å². The third-order valence-electron chi connectivity index (χ3n) is 3.85. The first-order chi connectivity index (χ1) is 9.55. The number of hydrogen-bond donors (Lipinski definition) is 3. The smallest absolute Gasteiger partial charge is 0.323 e. The molecule has 0 atom stereocenters. The SMILES string of the molecule is CCc1ccc(NC(=O)CNC2(C(=O)O)CCC2)cc1. The summed E-state index contributed by atoms with van der Waals surface area (Å²) in [6.07, 6.45) is 3.01. The molecule has 1 aliphatic carbocycles. The van der Waals surface area contributed by atoms with Crippen LogP contribution in [0.5, 0.6) is 0 Å². The minimum Gasteiger partial charge on any atom is -0.480 e. The Labute approximate surface area is 118 Å². The molecule has 108 valence electrons. The van der Waals surface area contributed by atoms with Gasteiger partial charge in [-0.25, -0.2) is 0 Å². The number of amides is 1. The van der Waals surface area contributed by atoms with Gasteiger partial charge in [0, 0.05) is 5.69 Å². The molecule has 0 bridgehead atoms. The van der Waals surface area contributed by atoms with Crippen molar-refractivity contribution in [3.05, 3.63) is 29.8 Å². The van der Waals surface area contributed by atoms with E-state index in [4.69, 9.17) is 5.11 Å². The average molecular weight is 276 g/mol. The fourth-order valence-electron chi connectivity index (χ4n) is 2.28. The van der Waals surface area contributed by atoms with Crippen molar-refractivity contribution in [2.45, 2.75) is 38.1 Å². The minimum absolute atomic E-state index is 0.0157. The number of anilines is 1. The highest BCUT2D eigenvalue weighted by Crippen LogP contribution is 2.31. The van der Waals surface area contributed by atoms with E-state index < -0.39 is 11.5 Å². The van der Waals surface area contributed by atoms with Crippen molar-refractivity contribution in [3.8, 4) is 0 Å². The Morgan fingerprint density at radius 3 is 2.35 bits per heavy atom. The Morgan fingerprint density at radius 1 is 1.25 bits per heavy atom. The van der Waals surface area contributed by atoms with Crippen LogP contribution in [0.15, 0.2) is 24.3 Å². The molecule has 5 heteroatoms. The highest BCUT2D eigenvalue weighted by Gasteiger charge is 2.44. The molecule has 0 unspecified atom stereocenters. The van der Waals surface area contributed by atoms with Crippen LogP contribution < -0.4 is 10.6 Å². The van der Waals surface area contributed by atoms with Gasteiger partial charge in [-0.3, -0.25) is 14.9 Å². The number of rotatable bonds is 6. The summed E-state index contributed by atoms with van der Waals surface area (Å²) in [5.41, 5.74) is 1.04. The summed E-state index contributed by atoms with van der Waals surface area (Å²) in [7, 11) is 0. The second-order valence-electron chi connectivity index (χ2n) is 5.19. The fourth-order valence-corrected chi connectivity index (χ4v) is 2.28. The molecule has 0 aliphatic heterocycles. The number of carbonyl (C=O) groups is 2. The summed E-state index contributed by atoms with van der Waals surface area (Å²) in [6.45, 7) is 2.09. The number of aryl methyl sites for hydroxylation is 1. The van der Waals surface area contributed by atoms with Crippen LogP contribution in [0, 0.1) is 0 Å². The van der Waals surface area contributed by atoms with Crippen LogP contribution in [0.1, 0.15) is 31.7 Å². The van der Waals surface area contributed by atoms with Gasteiger partial charge in [0.05, 0.1) is 6.54 Å². The summed E-state index contributed by atoms with van der Waals surface area (Å²) in [5.74, 6) is -1.09. The summed E-state index contributed by atoms with van der Waals surface area (Å²) >= 11 is 0. The lowest BCUT2D eigenvalue weighted by atomic mass is 9.77. The van der Waals surface area contributed by atoms with E-state index >= 15 is 0 Å². The van der Waals surface area contributed by atoms with E-state index in [1.807, 2.05) is 24.3 Å². The van der Waals surface area contributed by atoms with Gasteiger partial charge in [0.2, 0.25) is 5.91 Å². The summed E-state index contributed by atoms with van der Waals surface area (Å²) in [4.78, 5) is 23.0. The molecule has 20 heavy (non-hydrogen) atoms. The molecule has 0 aromatic heterocycles. The van der Waals surface area contributed by atoms with Crippen molar-refractivity contribution in [3.63, 3.8) is 0 Å². The highest BCUT2D eigenvalue weighted by molar-refractivity contribution is 5.93. The Kier molecular flexibility index (Phi) is 4.39. The number of hydrogen-bond acceptors (Lipinski definition) is 3. The maximum atomic E-state index is 11.8. The predicted molar refractivity (Wildman–Crippen MR) is 76.7 cm³/mol. The first kappa shape index (κ1) is 14.5. The molecule has 1 amide bonds. The topological polar surface area (TPSA) is 78.4 Å². The van der Waals surface area contributed by atoms with Crippen LogP contribution >= 0.6 is 0 Å². The predicted octanol–water partition coefficient (Wildman–Crippen LogP) is 1.78. The van der Waals surface area contributed by atoms with Crippen LogP contribution in [0.2, 0.25) is 0 Å². The largest absolute Gasteiger partial charge is 0.480 e. The molecular weight excluding hydrogens is 256 g/mol. The van der Waals surface area contributed by atoms with Crippen molar-refractivity contribution in [2.24, 2.45) is 0 Å². The lowest BCUT2D eigenvalue weighted by molar-refractivity contribution is -0.148. The van der Waals surface area contributed by atoms with E-state index in [0.29, 0.717) is 12.8 Å². The molecular formula is C15H20N2O3. The van der Waals surface area contributed by atoms with Crippen LogP contribution in [-0.2, 0) is 16.0 Å². The molecule has 1 aliphatic rings. The Balaban J connectivity index is 1.84. The fraction of sp³-hybridized carbons (Fsp3) is 0.467. The van der Waals surface area contributed by atoms with Gasteiger partial charge in [0.15, 0.2) is 0 Å². The number of carboxylic acids is 1. The van der Waals surface area contributed by atoms with Gasteiger partial charge in [-0.15, -0.1) is 0 Å². The van der Waals surface area contributed by atoms with Gasteiger partial charge in [0.25, 0.3) is 0 Å². The molecule has 0 spiro atoms. The summed E-state index contributed by atoms with van der Waals surface area (Å²) in [6, 6.07) is 7.64. The first-order valence-corrected chi connectivity index (χ1v) is 6.93. The summed E-state index contributed by atoms with van der Waals surface area (Å²) < 4.78 is 0. The highest BCUT2D eigenvalue weighted by atomic mass is 16.4. The van der Waals surface area contributed by atoms with E-state index in [1.54, 1.807) is 0 Å². The quantitative estimate of drug-likeness (QED) is 0.740. The van der Waals surface area contributed by atoms with Gasteiger partial charge in [-0.2, -0.15) is 0 Å². The van der Waals surface area contributed by atoms with Crippen molar-refractivity contribution in [1.82, 2.24) is 5.32 Å². The number of aliphatic carboxylic acids is 1. The zero-order valence-corrected chi connectivity index (χ0v) is 11.6. The number of carboxylic acid groups (broad SMARTS) is 1. The van der Waals surface area contributed by atoms with Crippen LogP contribution in [0.3, 0.4) is 0 Å². The standard InChI is InChI=1S/C15H20N2O3/c1-2-11-4-6-12(7-5-11)17-13(18)10-16-15(14(19)20)8-3-9-15/h4-7,16H,2-3,8-10H2,1H3,(H,17,18)(H,19,20). The first-order valence-electron chi connectivity index (χ1n) is 6.93. The van der Waals surface area contributed by atoms with Gasteiger partial charge in [-0.1, -0.05) is 19.1 Å². The molecule has 1 saturated carbocycles. The monoisotopic (exact) mass is 276 g/mol. The zero-order chi connectivity index (χ0) is 14.6. The molecule has 5 nitrogen and oxygen atoms in total. The second kappa shape index (κ2) is 6.05. The Morgan fingerprint density at radius 2 is 1.90 bits per heavy atom. The van der Waals surface area contributed by atoms with Crippen molar-refractivity contribution in [1.29, 1.82) is 0 Å². The maximum Gasteiger partial charge on any atom is 0.323 e. The molecule has 1 aromatic carbocycles. The molecule has 1 aromatic rings. The van der Waals surface area contributed by atoms with Gasteiger partial charge in [-0.05, 0) is 43.4 Å². The lowest BCUT2D eigenvalue weighted by Crippen LogP contribution is -2.58. The number of nitrogens with one attached hydrogen (secondary N) is 2. The minimum atomic E-state index is -0.899. The van der Waals surface area contributed by atoms with Gasteiger partial charge < -0.3 is 10.4 Å². The van der Waals surface area contributed by atoms with E-state index in [2.05, 4.69) is 17.6 Å². The van der Waals surface area contributed by atoms with E-state index in [9.17, 15) is 9.59 Å². The maximum absolute atomic E-state index is 11.8. The van der Waals surface area contributed by atoms with E-state index in [-0.39, 0.29) is 12.5 Å². The molecule has 0 saturated heterocycles. The molecule has 2 rings (SSSR count). The van der Waals surface area contributed by atoms with Crippen LogP contribution in [0.25, 0.3) is 0 Å². The van der Waals surface area contributed by atoms with Crippen molar-refractivity contribution < 1.29 is 14.7 Å². The molecule has 1 fully saturated rings. The van der Waals surface area contributed by atoms with Crippen LogP contribution in [-0.4, -0.2) is 29.1 Å². The lowest BCUT2D eigenvalue weighted by Gasteiger charge is -2.38. The Bertz CT molecular complexity index is 492. The van der Waals surface area contributed by atoms with Crippen molar-refractivity contribution in [2.75, 3.05) is 11.9 Å². The summed E-state index contributed by atoms with van der Waals surface area (Å²) in [5, 5.41) is 14.8. The average Bonchev–Trinajstić information content (AvgIpc) is 2.38. The number of benzene rings is 1. The molecule has 3 N–H and O–H groups in total. The third kappa shape index (κ3) is 3.17. The van der Waals surface area contributed by atoms with Crippen LogP contribution in [0.4, 0.5) is 5.69 Å². The third-order valence-corrected chi connectivity index (χ3v) is 3.85. The van der Waals surface area contributed by atoms with Gasteiger partial charge >= 0.3 is 5.97 Å². The van der Waals surface area contributed by atoms with Gasteiger partial charge in [0.1, 0.15) is 5.54 Å². The molecule has 0 radical (unpaired) electrons. The normalized spacial score (nSPS) is 16.2. The van der Waals surface area contributed by atoms with Crippen molar-refractivity contribution >= 4 is 17.6 Å². The second-order valence-corrected chi connectivity index (χ2v) is 5.19. The van der Waals surface area contributed by atoms with E-state index in [0.717, 1.165) is 18.5 Å². The number of carbonyl (C=O) groups excluding carboxylic acids is 1.